The number of rotatable bonds is 4. The van der Waals surface area contributed by atoms with Crippen LogP contribution < -0.4 is 5.32 Å². The molecule has 1 aliphatic heterocycles. The number of hydrogen-bond acceptors (Lipinski definition) is 3. The summed E-state index contributed by atoms with van der Waals surface area (Å²) in [6, 6.07) is 13.0. The first kappa shape index (κ1) is 24.1. The van der Waals surface area contributed by atoms with E-state index in [9.17, 15) is 4.79 Å². The fraction of sp³-hybridized carbons (Fsp3) is 0.593. The summed E-state index contributed by atoms with van der Waals surface area (Å²) < 4.78 is 6.13. The number of esters is 1. The third-order valence-corrected chi connectivity index (χ3v) is 7.25. The molecule has 31 heavy (non-hydrogen) atoms. The van der Waals surface area contributed by atoms with Crippen LogP contribution in [0.15, 0.2) is 36.4 Å². The smallest absolute Gasteiger partial charge is 0.308 e. The van der Waals surface area contributed by atoms with Crippen molar-refractivity contribution in [3.63, 3.8) is 0 Å². The van der Waals surface area contributed by atoms with E-state index in [1.807, 2.05) is 0 Å². The third-order valence-electron chi connectivity index (χ3n) is 7.25. The number of hydrogen-bond donors (Lipinski definition) is 1. The van der Waals surface area contributed by atoms with Gasteiger partial charge in [-0.1, -0.05) is 63.6 Å². The highest BCUT2D eigenvalue weighted by molar-refractivity contribution is 5.87. The van der Waals surface area contributed by atoms with E-state index < -0.39 is 0 Å². The molecule has 4 unspecified atom stereocenters. The molecule has 170 valence electrons. The molecule has 0 amide bonds. The van der Waals surface area contributed by atoms with Crippen molar-refractivity contribution in [2.24, 2.45) is 17.8 Å². The second-order valence-electron chi connectivity index (χ2n) is 10.7. The maximum absolute atomic E-state index is 13.1. The fourth-order valence-electron chi connectivity index (χ4n) is 5.71. The second-order valence-corrected chi connectivity index (χ2v) is 10.7. The average Bonchev–Trinajstić information content (AvgIpc) is 2.66. The summed E-state index contributed by atoms with van der Waals surface area (Å²) in [6.07, 6.45) is 4.83. The minimum absolute atomic E-state index is 0. The number of halogens is 1. The van der Waals surface area contributed by atoms with Crippen LogP contribution >= 0.6 is 12.4 Å². The number of nitrogens with one attached hydrogen (secondary N) is 1. The molecule has 0 spiro atoms. The van der Waals surface area contributed by atoms with Crippen LogP contribution in [-0.2, 0) is 16.0 Å². The molecular weight excluding hydrogens is 406 g/mol. The van der Waals surface area contributed by atoms with Crippen LogP contribution in [0.3, 0.4) is 0 Å². The number of benzene rings is 2. The molecule has 2 aromatic carbocycles. The van der Waals surface area contributed by atoms with E-state index >= 15 is 0 Å². The Morgan fingerprint density at radius 1 is 1.16 bits per heavy atom. The van der Waals surface area contributed by atoms with E-state index in [4.69, 9.17) is 4.74 Å². The molecule has 1 N–H and O–H groups in total. The summed E-state index contributed by atoms with van der Waals surface area (Å²) in [7, 11) is 0. The van der Waals surface area contributed by atoms with Gasteiger partial charge in [0.1, 0.15) is 6.10 Å². The zero-order valence-electron chi connectivity index (χ0n) is 19.6. The molecule has 1 fully saturated rings. The van der Waals surface area contributed by atoms with Crippen LogP contribution in [0.25, 0.3) is 10.8 Å². The molecule has 1 aliphatic carbocycles. The van der Waals surface area contributed by atoms with Crippen molar-refractivity contribution >= 4 is 29.1 Å². The van der Waals surface area contributed by atoms with Crippen molar-refractivity contribution in [2.45, 2.75) is 84.4 Å². The van der Waals surface area contributed by atoms with E-state index in [-0.39, 0.29) is 36.1 Å². The van der Waals surface area contributed by atoms with Crippen molar-refractivity contribution in [3.05, 3.63) is 47.5 Å². The first-order chi connectivity index (χ1) is 14.2. The molecule has 3 nitrogen and oxygen atoms in total. The van der Waals surface area contributed by atoms with Crippen LogP contribution in [0.2, 0.25) is 0 Å². The van der Waals surface area contributed by atoms with Gasteiger partial charge in [-0.2, -0.15) is 0 Å². The Labute approximate surface area is 193 Å². The molecule has 1 heterocycles. The van der Waals surface area contributed by atoms with Crippen molar-refractivity contribution in [1.82, 2.24) is 5.32 Å². The minimum Gasteiger partial charge on any atom is -0.462 e. The molecular formula is C27H38ClNO2. The first-order valence-electron chi connectivity index (χ1n) is 11.7. The van der Waals surface area contributed by atoms with Gasteiger partial charge in [-0.3, -0.25) is 4.79 Å². The van der Waals surface area contributed by atoms with Gasteiger partial charge in [-0.15, -0.1) is 12.4 Å². The largest absolute Gasteiger partial charge is 0.462 e. The zero-order chi connectivity index (χ0) is 21.5. The van der Waals surface area contributed by atoms with Crippen molar-refractivity contribution in [2.75, 3.05) is 0 Å². The maximum Gasteiger partial charge on any atom is 0.308 e. The van der Waals surface area contributed by atoms with Gasteiger partial charge in [0.25, 0.3) is 0 Å². The molecule has 4 atom stereocenters. The Morgan fingerprint density at radius 3 is 2.65 bits per heavy atom. The summed E-state index contributed by atoms with van der Waals surface area (Å²) >= 11 is 0. The molecule has 2 aliphatic rings. The Morgan fingerprint density at radius 2 is 1.90 bits per heavy atom. The molecule has 1 saturated carbocycles. The fourth-order valence-corrected chi connectivity index (χ4v) is 5.71. The lowest BCUT2D eigenvalue weighted by atomic mass is 9.75. The highest BCUT2D eigenvalue weighted by atomic mass is 35.5. The Balaban J connectivity index is 0.00000272. The van der Waals surface area contributed by atoms with E-state index in [0.717, 1.165) is 12.8 Å². The van der Waals surface area contributed by atoms with Gasteiger partial charge in [-0.05, 0) is 72.8 Å². The molecule has 2 aromatic rings. The molecule has 0 aromatic heterocycles. The maximum atomic E-state index is 13.1. The SMILES string of the molecule is CC1CCC(C(C)C)C(OC(=O)CC2NC(C)(C)Cc3c2ccc2ccccc32)C1.Cl. The number of fused-ring (bicyclic) bond motifs is 3. The van der Waals surface area contributed by atoms with Gasteiger partial charge in [0.15, 0.2) is 0 Å². The van der Waals surface area contributed by atoms with E-state index in [2.05, 4.69) is 76.3 Å². The van der Waals surface area contributed by atoms with Crippen molar-refractivity contribution < 1.29 is 9.53 Å². The number of ether oxygens (including phenoxy) is 1. The summed E-state index contributed by atoms with van der Waals surface area (Å²) in [5.74, 6) is 1.61. The highest BCUT2D eigenvalue weighted by Crippen LogP contribution is 2.38. The Hall–Kier alpha value is -1.58. The number of carbonyl (C=O) groups excluding carboxylic acids is 1. The van der Waals surface area contributed by atoms with Crippen LogP contribution in [-0.4, -0.2) is 17.6 Å². The average molecular weight is 444 g/mol. The van der Waals surface area contributed by atoms with Crippen LogP contribution in [0.5, 0.6) is 0 Å². The predicted octanol–water partition coefficient (Wildman–Crippen LogP) is 6.62. The zero-order valence-corrected chi connectivity index (χ0v) is 20.4. The van der Waals surface area contributed by atoms with Crippen LogP contribution in [0.4, 0.5) is 0 Å². The lowest BCUT2D eigenvalue weighted by molar-refractivity contribution is -0.156. The molecule has 0 bridgehead atoms. The quantitative estimate of drug-likeness (QED) is 0.539. The van der Waals surface area contributed by atoms with E-state index in [0.29, 0.717) is 24.2 Å². The van der Waals surface area contributed by atoms with Crippen molar-refractivity contribution in [1.29, 1.82) is 0 Å². The normalized spacial score (nSPS) is 27.4. The van der Waals surface area contributed by atoms with Gasteiger partial charge in [-0.25, -0.2) is 0 Å². The summed E-state index contributed by atoms with van der Waals surface area (Å²) in [5.41, 5.74) is 2.57. The van der Waals surface area contributed by atoms with Crippen LogP contribution in [0, 0.1) is 17.8 Å². The number of carbonyl (C=O) groups is 1. The topological polar surface area (TPSA) is 38.3 Å². The lowest BCUT2D eigenvalue weighted by Crippen LogP contribution is -2.48. The van der Waals surface area contributed by atoms with Gasteiger partial charge in [0, 0.05) is 11.6 Å². The Kier molecular flexibility index (Phi) is 7.38. The summed E-state index contributed by atoms with van der Waals surface area (Å²) in [4.78, 5) is 13.1. The minimum atomic E-state index is -0.0611. The third kappa shape index (κ3) is 5.26. The standard InChI is InChI=1S/C27H37NO2.ClH/c1-17(2)20-12-10-18(3)14-25(20)30-26(29)15-24-22-13-11-19-8-6-7-9-21(19)23(22)16-27(4,5)28-24;/h6-9,11,13,17-18,20,24-25,28H,10,12,14-16H2,1-5H3;1H. The van der Waals surface area contributed by atoms with Crippen LogP contribution in [0.1, 0.15) is 77.5 Å². The van der Waals surface area contributed by atoms with E-state index in [1.165, 1.54) is 34.7 Å². The summed E-state index contributed by atoms with van der Waals surface area (Å²) in [5, 5.41) is 6.30. The molecule has 0 saturated heterocycles. The molecule has 4 heteroatoms. The van der Waals surface area contributed by atoms with Gasteiger partial charge >= 0.3 is 5.97 Å². The van der Waals surface area contributed by atoms with Gasteiger partial charge < -0.3 is 10.1 Å². The monoisotopic (exact) mass is 443 g/mol. The molecule has 0 radical (unpaired) electrons. The molecule has 4 rings (SSSR count). The first-order valence-corrected chi connectivity index (χ1v) is 11.7. The summed E-state index contributed by atoms with van der Waals surface area (Å²) in [6.45, 7) is 11.3. The second kappa shape index (κ2) is 9.50. The highest BCUT2D eigenvalue weighted by Gasteiger charge is 2.36. The van der Waals surface area contributed by atoms with Gasteiger partial charge in [0.05, 0.1) is 6.42 Å². The van der Waals surface area contributed by atoms with Gasteiger partial charge in [0.2, 0.25) is 0 Å². The van der Waals surface area contributed by atoms with Crippen molar-refractivity contribution in [3.8, 4) is 0 Å². The Bertz CT molecular complexity index is 923. The van der Waals surface area contributed by atoms with E-state index in [1.54, 1.807) is 0 Å². The predicted molar refractivity (Wildman–Crippen MR) is 131 cm³/mol. The lowest BCUT2D eigenvalue weighted by Gasteiger charge is -2.40.